The van der Waals surface area contributed by atoms with Gasteiger partial charge >= 0.3 is 0 Å². The van der Waals surface area contributed by atoms with Crippen molar-refractivity contribution in [3.8, 4) is 11.5 Å². The number of hydrogen-bond donors (Lipinski definition) is 1. The van der Waals surface area contributed by atoms with Gasteiger partial charge in [0.05, 0.1) is 12.2 Å². The Morgan fingerprint density at radius 3 is 2.39 bits per heavy atom. The van der Waals surface area contributed by atoms with Crippen LogP contribution in [0.15, 0.2) is 65.8 Å². The van der Waals surface area contributed by atoms with Crippen LogP contribution < -0.4 is 20.0 Å². The molecular weight excluding hydrogens is 360 g/mol. The molecule has 28 heavy (non-hydrogen) atoms. The second-order valence-corrected chi connectivity index (χ2v) is 6.21. The Balaban J connectivity index is 1.40. The van der Waals surface area contributed by atoms with Gasteiger partial charge in [-0.2, -0.15) is 5.10 Å². The monoisotopic (exact) mass is 375 g/mol. The van der Waals surface area contributed by atoms with Crippen molar-refractivity contribution in [2.45, 2.75) is 6.10 Å². The van der Waals surface area contributed by atoms with Gasteiger partial charge in [-0.15, -0.1) is 0 Å². The van der Waals surface area contributed by atoms with E-state index in [-0.39, 0.29) is 12.2 Å². The van der Waals surface area contributed by atoms with Crippen molar-refractivity contribution in [1.29, 1.82) is 0 Å². The second-order valence-electron chi connectivity index (χ2n) is 6.21. The predicted octanol–water partition coefficient (Wildman–Crippen LogP) is 1.49. The van der Waals surface area contributed by atoms with Crippen LogP contribution in [0.2, 0.25) is 0 Å². The van der Waals surface area contributed by atoms with Crippen molar-refractivity contribution in [2.24, 2.45) is 5.10 Å². The average Bonchev–Trinajstić information content (AvgIpc) is 2.72. The van der Waals surface area contributed by atoms with Crippen LogP contribution in [-0.4, -0.2) is 30.8 Å². The van der Waals surface area contributed by atoms with Crippen LogP contribution in [0.3, 0.4) is 0 Å². The molecule has 0 saturated heterocycles. The van der Waals surface area contributed by atoms with E-state index in [0.29, 0.717) is 17.1 Å². The maximum absolute atomic E-state index is 12.3. The van der Waals surface area contributed by atoms with Crippen LogP contribution in [0.1, 0.15) is 15.9 Å². The summed E-state index contributed by atoms with van der Waals surface area (Å²) in [5.74, 6) is -0.591. The zero-order chi connectivity index (χ0) is 19.5. The number of carboxylic acids is 1. The lowest BCUT2D eigenvalue weighted by molar-refractivity contribution is -0.255. The Kier molecular flexibility index (Phi) is 4.63. The first-order chi connectivity index (χ1) is 13.6. The Bertz CT molecular complexity index is 1080. The van der Waals surface area contributed by atoms with Crippen LogP contribution in [-0.2, 0) is 4.79 Å². The van der Waals surface area contributed by atoms with Crippen LogP contribution in [0.4, 0.5) is 0 Å². The highest BCUT2D eigenvalue weighted by Gasteiger charge is 2.27. The number of rotatable bonds is 4. The number of carbonyl (C=O) groups excluding carboxylic acids is 2. The molecule has 140 valence electrons. The molecule has 0 spiro atoms. The smallest absolute Gasteiger partial charge is 0.284 e. The Hall–Kier alpha value is -3.87. The summed E-state index contributed by atoms with van der Waals surface area (Å²) in [5.41, 5.74) is 3.10. The third-order valence-electron chi connectivity index (χ3n) is 4.30. The molecule has 1 aliphatic rings. The van der Waals surface area contributed by atoms with E-state index in [9.17, 15) is 14.7 Å². The molecule has 1 amide bonds. The summed E-state index contributed by atoms with van der Waals surface area (Å²) in [6, 6.07) is 17.4. The first-order valence-electron chi connectivity index (χ1n) is 8.57. The highest BCUT2D eigenvalue weighted by Crippen LogP contribution is 2.35. The number of carbonyl (C=O) groups is 2. The van der Waals surface area contributed by atoms with E-state index in [1.54, 1.807) is 12.1 Å². The highest BCUT2D eigenvalue weighted by molar-refractivity contribution is 5.89. The van der Waals surface area contributed by atoms with Gasteiger partial charge in [0.2, 0.25) is 6.10 Å². The quantitative estimate of drug-likeness (QED) is 0.550. The number of hydrazone groups is 1. The molecule has 0 radical (unpaired) electrons. The topological polar surface area (TPSA) is 100 Å². The SMILES string of the molecule is O=C([O-])c1ccc(/C=N/NC(=O)[C@H]2COc3cc4ccccc4cc3O2)cc1. The number of nitrogens with zero attached hydrogens (tertiary/aromatic N) is 1. The molecule has 0 fully saturated rings. The van der Waals surface area contributed by atoms with E-state index in [1.165, 1.54) is 18.3 Å². The lowest BCUT2D eigenvalue weighted by Crippen LogP contribution is -2.42. The molecule has 1 aliphatic heterocycles. The predicted molar refractivity (Wildman–Crippen MR) is 100 cm³/mol. The van der Waals surface area contributed by atoms with Crippen LogP contribution in [0.25, 0.3) is 10.8 Å². The van der Waals surface area contributed by atoms with E-state index < -0.39 is 18.0 Å². The fourth-order valence-electron chi connectivity index (χ4n) is 2.83. The Morgan fingerprint density at radius 1 is 1.04 bits per heavy atom. The third-order valence-corrected chi connectivity index (χ3v) is 4.30. The van der Waals surface area contributed by atoms with Crippen molar-refractivity contribution < 1.29 is 24.2 Å². The molecule has 3 aromatic rings. The van der Waals surface area contributed by atoms with Crippen LogP contribution >= 0.6 is 0 Å². The molecule has 0 bridgehead atoms. The molecule has 3 aromatic carbocycles. The molecule has 0 unspecified atom stereocenters. The van der Waals surface area contributed by atoms with Gasteiger partial charge in [-0.05, 0) is 34.0 Å². The van der Waals surface area contributed by atoms with E-state index in [4.69, 9.17) is 9.47 Å². The van der Waals surface area contributed by atoms with Gasteiger partial charge in [0.25, 0.3) is 5.91 Å². The van der Waals surface area contributed by atoms with E-state index in [2.05, 4.69) is 10.5 Å². The Labute approximate surface area is 160 Å². The number of benzene rings is 3. The van der Waals surface area contributed by atoms with Crippen LogP contribution in [0, 0.1) is 0 Å². The number of fused-ring (bicyclic) bond motifs is 2. The molecule has 7 heteroatoms. The molecular formula is C21H15N2O5-. The van der Waals surface area contributed by atoms with Crippen LogP contribution in [0.5, 0.6) is 11.5 Å². The van der Waals surface area contributed by atoms with Gasteiger partial charge in [-0.1, -0.05) is 48.5 Å². The number of amides is 1. The number of ether oxygens (including phenoxy) is 2. The van der Waals surface area contributed by atoms with Gasteiger partial charge in [0, 0.05) is 0 Å². The minimum atomic E-state index is -1.25. The van der Waals surface area contributed by atoms with E-state index >= 15 is 0 Å². The maximum atomic E-state index is 12.3. The summed E-state index contributed by atoms with van der Waals surface area (Å²) in [7, 11) is 0. The van der Waals surface area contributed by atoms with Gasteiger partial charge in [0.15, 0.2) is 11.5 Å². The maximum Gasteiger partial charge on any atom is 0.284 e. The third kappa shape index (κ3) is 3.64. The minimum Gasteiger partial charge on any atom is -0.545 e. The zero-order valence-electron chi connectivity index (χ0n) is 14.6. The normalized spacial score (nSPS) is 15.5. The number of nitrogens with one attached hydrogen (secondary N) is 1. The lowest BCUT2D eigenvalue weighted by Gasteiger charge is -2.25. The molecule has 4 rings (SSSR count). The molecule has 1 N–H and O–H groups in total. The van der Waals surface area contributed by atoms with Crippen molar-refractivity contribution in [2.75, 3.05) is 6.61 Å². The summed E-state index contributed by atoms with van der Waals surface area (Å²) in [5, 5.41) is 16.6. The Morgan fingerprint density at radius 2 is 1.71 bits per heavy atom. The molecule has 0 aromatic heterocycles. The average molecular weight is 375 g/mol. The molecule has 0 aliphatic carbocycles. The van der Waals surface area contributed by atoms with Gasteiger partial charge in [0.1, 0.15) is 6.61 Å². The zero-order valence-corrected chi connectivity index (χ0v) is 14.6. The summed E-state index contributed by atoms with van der Waals surface area (Å²) >= 11 is 0. The largest absolute Gasteiger partial charge is 0.545 e. The number of hydrogen-bond acceptors (Lipinski definition) is 6. The van der Waals surface area contributed by atoms with Crippen molar-refractivity contribution in [1.82, 2.24) is 5.43 Å². The summed E-state index contributed by atoms with van der Waals surface area (Å²) in [6.07, 6.45) is 0.577. The molecule has 0 saturated carbocycles. The first kappa shape index (κ1) is 17.5. The fourth-order valence-corrected chi connectivity index (χ4v) is 2.83. The van der Waals surface area contributed by atoms with E-state index in [0.717, 1.165) is 10.8 Å². The second kappa shape index (κ2) is 7.40. The van der Waals surface area contributed by atoms with Gasteiger partial charge in [-0.25, -0.2) is 5.43 Å². The molecule has 7 nitrogen and oxygen atoms in total. The van der Waals surface area contributed by atoms with Gasteiger partial charge < -0.3 is 19.4 Å². The van der Waals surface area contributed by atoms with Gasteiger partial charge in [-0.3, -0.25) is 4.79 Å². The standard InChI is InChI=1S/C21H16N2O5/c24-20(23-22-11-13-5-7-14(8-6-13)21(25)26)19-12-27-17-9-15-3-1-2-4-16(15)10-18(17)28-19/h1-11,19H,12H2,(H,23,24)(H,25,26)/p-1/b22-11+/t19-/m1/s1. The summed E-state index contributed by atoms with van der Waals surface area (Å²) in [4.78, 5) is 23.0. The first-order valence-corrected chi connectivity index (χ1v) is 8.57. The molecule has 1 atom stereocenters. The summed E-state index contributed by atoms with van der Waals surface area (Å²) in [6.45, 7) is 0.0764. The van der Waals surface area contributed by atoms with Crippen molar-refractivity contribution in [3.05, 3.63) is 71.8 Å². The lowest BCUT2D eigenvalue weighted by atomic mass is 10.1. The van der Waals surface area contributed by atoms with Crippen molar-refractivity contribution >= 4 is 28.9 Å². The summed E-state index contributed by atoms with van der Waals surface area (Å²) < 4.78 is 11.4. The minimum absolute atomic E-state index is 0.0696. The fraction of sp³-hybridized carbons (Fsp3) is 0.0952. The van der Waals surface area contributed by atoms with E-state index in [1.807, 2.05) is 36.4 Å². The number of carboxylic acid groups (broad SMARTS) is 1. The number of aromatic carboxylic acids is 1. The molecule has 1 heterocycles. The highest BCUT2D eigenvalue weighted by atomic mass is 16.6. The van der Waals surface area contributed by atoms with Crippen molar-refractivity contribution in [3.63, 3.8) is 0 Å².